The first kappa shape index (κ1) is 45.9. The average molecular weight is 829 g/mol. The van der Waals surface area contributed by atoms with E-state index in [1.165, 1.54) is 148 Å². The Bertz CT molecular complexity index is 1470. The largest absolute Gasteiger partial charge is 0.314 e. The van der Waals surface area contributed by atoms with Gasteiger partial charge in [-0.05, 0) is 215 Å². The monoisotopic (exact) mass is 829 g/mol. The molecule has 0 saturated heterocycles. The van der Waals surface area contributed by atoms with Crippen molar-refractivity contribution in [1.29, 1.82) is 0 Å². The molecule has 8 aliphatic carbocycles. The van der Waals surface area contributed by atoms with Crippen LogP contribution < -0.4 is 11.0 Å². The predicted molar refractivity (Wildman–Crippen MR) is 252 cm³/mol. The second-order valence-corrected chi connectivity index (χ2v) is 25.1. The molecule has 0 heterocycles. The molecular formula is C56H96N2O2. The summed E-state index contributed by atoms with van der Waals surface area (Å²) in [6.45, 7) is 23.0. The molecule has 0 radical (unpaired) electrons. The molecule has 8 aliphatic rings. The topological polar surface area (TPSA) is 42.5 Å². The Kier molecular flexibility index (Phi) is 14.9. The second kappa shape index (κ2) is 19.4. The normalized spacial score (nSPS) is 43.4. The summed E-state index contributed by atoms with van der Waals surface area (Å²) >= 11 is 0. The van der Waals surface area contributed by atoms with E-state index in [9.17, 15) is 0 Å². The van der Waals surface area contributed by atoms with Crippen LogP contribution in [-0.2, 0) is 9.68 Å². The second-order valence-electron chi connectivity index (χ2n) is 25.1. The van der Waals surface area contributed by atoms with Crippen molar-refractivity contribution < 1.29 is 9.68 Å². The Balaban J connectivity index is 0.722. The highest BCUT2D eigenvalue weighted by molar-refractivity contribution is 5.26. The zero-order valence-corrected chi connectivity index (χ0v) is 40.7. The maximum Gasteiger partial charge on any atom is 0.0833 e. The Hall–Kier alpha value is -0.680. The maximum atomic E-state index is 6.30. The summed E-state index contributed by atoms with van der Waals surface area (Å²) in [5, 5.41) is 3.72. The smallest absolute Gasteiger partial charge is 0.0833 e. The average Bonchev–Trinajstić information content (AvgIpc) is 3.74. The number of allylic oxidation sites excluding steroid dienone is 4. The first-order chi connectivity index (χ1) is 28.8. The van der Waals surface area contributed by atoms with Gasteiger partial charge in [0.05, 0.1) is 12.7 Å². The van der Waals surface area contributed by atoms with Gasteiger partial charge in [0.15, 0.2) is 0 Å². The van der Waals surface area contributed by atoms with Gasteiger partial charge < -0.3 is 5.32 Å². The third kappa shape index (κ3) is 9.23. The minimum Gasteiger partial charge on any atom is -0.314 e. The van der Waals surface area contributed by atoms with Gasteiger partial charge in [0, 0.05) is 6.54 Å². The molecule has 8 rings (SSSR count). The van der Waals surface area contributed by atoms with E-state index in [4.69, 9.17) is 9.68 Å². The molecule has 0 amide bonds. The summed E-state index contributed by atoms with van der Waals surface area (Å²) in [4.78, 5) is 12.2. The Labute approximate surface area is 371 Å². The maximum absolute atomic E-state index is 6.30. The summed E-state index contributed by atoms with van der Waals surface area (Å²) in [7, 11) is 0. The summed E-state index contributed by atoms with van der Waals surface area (Å²) in [5.74, 6) is 10.00. The molecule has 2 N–H and O–H groups in total. The molecular weight excluding hydrogens is 733 g/mol. The molecule has 0 bridgehead atoms. The van der Waals surface area contributed by atoms with Gasteiger partial charge in [-0.1, -0.05) is 123 Å². The molecule has 4 heteroatoms. The van der Waals surface area contributed by atoms with Crippen LogP contribution >= 0.6 is 0 Å². The number of nitrogens with one attached hydrogen (secondary N) is 2. The minimum atomic E-state index is 0.239. The van der Waals surface area contributed by atoms with Crippen LogP contribution in [0.3, 0.4) is 0 Å². The van der Waals surface area contributed by atoms with Gasteiger partial charge in [-0.15, -0.1) is 0 Å². The number of hydrogen-bond donors (Lipinski definition) is 2. The van der Waals surface area contributed by atoms with E-state index in [0.29, 0.717) is 28.3 Å². The molecule has 60 heavy (non-hydrogen) atoms. The van der Waals surface area contributed by atoms with Crippen molar-refractivity contribution in [2.75, 3.05) is 19.7 Å². The van der Waals surface area contributed by atoms with Crippen LogP contribution in [-0.4, -0.2) is 25.8 Å². The summed E-state index contributed by atoms with van der Waals surface area (Å²) in [5.41, 5.74) is 8.56. The van der Waals surface area contributed by atoms with Crippen LogP contribution in [0.2, 0.25) is 0 Å². The number of rotatable bonds is 19. The lowest BCUT2D eigenvalue weighted by molar-refractivity contribution is -0.210. The van der Waals surface area contributed by atoms with E-state index < -0.39 is 0 Å². The summed E-state index contributed by atoms with van der Waals surface area (Å²) < 4.78 is 0. The van der Waals surface area contributed by atoms with Gasteiger partial charge in [-0.25, -0.2) is 0 Å². The van der Waals surface area contributed by atoms with E-state index >= 15 is 0 Å². The molecule has 0 aromatic rings. The summed E-state index contributed by atoms with van der Waals surface area (Å²) in [6.07, 6.45) is 40.9. The third-order valence-electron chi connectivity index (χ3n) is 21.2. The standard InChI is InChI=1S/C56H96N2O2/c1-39(2)13-9-11-15-42-20-25-49-47-24-19-45-37-41(27-31-55(45,7)51(47)28-32-53(42,49)5)30-34-57-35-36-59-58-60-46-22-17-44-18-23-48-50-26-21-43(16-12-10-14-40(3)4)54(50,6)33-29-52(48)56(44,8)38-46/h18-19,39-43,46-52,57-58H,9-17,20-38H2,1-8H3/t41?,42?,43?,46?,47?,48?,49?,50?,51?,52?,53?,54?,55?,56-/m1/s1. The molecule has 6 saturated carbocycles. The van der Waals surface area contributed by atoms with Crippen LogP contribution in [0.25, 0.3) is 0 Å². The van der Waals surface area contributed by atoms with Gasteiger partial charge in [-0.3, -0.25) is 9.68 Å². The van der Waals surface area contributed by atoms with Crippen LogP contribution in [0.1, 0.15) is 216 Å². The highest BCUT2D eigenvalue weighted by atomic mass is 16.9. The third-order valence-corrected chi connectivity index (χ3v) is 21.2. The fourth-order valence-corrected chi connectivity index (χ4v) is 17.6. The first-order valence-corrected chi connectivity index (χ1v) is 27.0. The fraction of sp³-hybridized carbons (Fsp3) is 0.929. The molecule has 6 fully saturated rings. The van der Waals surface area contributed by atoms with Gasteiger partial charge in [-0.2, -0.15) is 0 Å². The molecule has 14 atom stereocenters. The molecule has 4 nitrogen and oxygen atoms in total. The van der Waals surface area contributed by atoms with Gasteiger partial charge in [0.2, 0.25) is 0 Å². The lowest BCUT2D eigenvalue weighted by Gasteiger charge is -2.58. The van der Waals surface area contributed by atoms with Crippen LogP contribution in [0.15, 0.2) is 23.3 Å². The quantitative estimate of drug-likeness (QED) is 0.0773. The van der Waals surface area contributed by atoms with Crippen LogP contribution in [0, 0.1) is 86.8 Å². The van der Waals surface area contributed by atoms with Crippen molar-refractivity contribution >= 4 is 0 Å². The number of unbranched alkanes of at least 4 members (excludes halogenated alkanes) is 2. The Morgan fingerprint density at radius 3 is 1.83 bits per heavy atom. The van der Waals surface area contributed by atoms with Crippen LogP contribution in [0.5, 0.6) is 0 Å². The van der Waals surface area contributed by atoms with E-state index in [1.807, 2.05) is 5.57 Å². The van der Waals surface area contributed by atoms with Gasteiger partial charge >= 0.3 is 0 Å². The molecule has 0 spiro atoms. The van der Waals surface area contributed by atoms with Gasteiger partial charge in [0.25, 0.3) is 0 Å². The lowest BCUT2D eigenvalue weighted by atomic mass is 9.47. The van der Waals surface area contributed by atoms with Crippen molar-refractivity contribution in [2.45, 2.75) is 222 Å². The number of fused-ring (bicyclic) bond motifs is 10. The van der Waals surface area contributed by atoms with E-state index in [-0.39, 0.29) is 6.10 Å². The molecule has 13 unspecified atom stereocenters. The zero-order chi connectivity index (χ0) is 42.1. The molecule has 0 aromatic carbocycles. The Morgan fingerprint density at radius 2 is 1.22 bits per heavy atom. The van der Waals surface area contributed by atoms with Crippen molar-refractivity contribution in [3.8, 4) is 0 Å². The lowest BCUT2D eigenvalue weighted by Crippen LogP contribution is -2.51. The molecule has 342 valence electrons. The first-order valence-electron chi connectivity index (χ1n) is 27.0. The van der Waals surface area contributed by atoms with Crippen molar-refractivity contribution in [1.82, 2.24) is 11.0 Å². The minimum absolute atomic E-state index is 0.239. The number of hydrogen-bond acceptors (Lipinski definition) is 4. The molecule has 0 aliphatic heterocycles. The Morgan fingerprint density at radius 1 is 0.617 bits per heavy atom. The summed E-state index contributed by atoms with van der Waals surface area (Å²) in [6, 6.07) is 0. The van der Waals surface area contributed by atoms with Gasteiger partial charge in [0.1, 0.15) is 0 Å². The SMILES string of the molecule is CC(C)CCCCC1CCC2C3CC=C4CC(CCNCCONOC5CCC6=CCC7C8CCC(CCCCC(C)C)C8(C)CCC7[C@]6(C)C5)CCC4(C)C3CCC12C. The van der Waals surface area contributed by atoms with Crippen molar-refractivity contribution in [3.63, 3.8) is 0 Å². The highest BCUT2D eigenvalue weighted by Gasteiger charge is 2.60. The van der Waals surface area contributed by atoms with E-state index in [1.54, 1.807) is 5.57 Å². The van der Waals surface area contributed by atoms with Crippen LogP contribution in [0.4, 0.5) is 0 Å². The van der Waals surface area contributed by atoms with Crippen molar-refractivity contribution in [3.05, 3.63) is 23.3 Å². The highest BCUT2D eigenvalue weighted by Crippen LogP contribution is 2.69. The van der Waals surface area contributed by atoms with Crippen molar-refractivity contribution in [2.24, 2.45) is 86.8 Å². The molecule has 0 aromatic heterocycles. The fourth-order valence-electron chi connectivity index (χ4n) is 17.6. The zero-order valence-electron chi connectivity index (χ0n) is 40.7. The van der Waals surface area contributed by atoms with E-state index in [2.05, 4.69) is 78.5 Å². The predicted octanol–water partition coefficient (Wildman–Crippen LogP) is 15.0. The van der Waals surface area contributed by atoms with E-state index in [0.717, 1.165) is 91.0 Å².